The fraction of sp³-hybridized carbons (Fsp3) is 0.269. The van der Waals surface area contributed by atoms with Gasteiger partial charge in [0.15, 0.2) is 0 Å². The van der Waals surface area contributed by atoms with E-state index in [1.165, 1.54) is 5.56 Å². The molecule has 1 aromatic heterocycles. The van der Waals surface area contributed by atoms with Crippen LogP contribution in [0.25, 0.3) is 11.0 Å². The zero-order valence-corrected chi connectivity index (χ0v) is 19.4. The summed E-state index contributed by atoms with van der Waals surface area (Å²) in [6, 6.07) is 28.0. The highest BCUT2D eigenvalue weighted by Gasteiger charge is 2.28. The van der Waals surface area contributed by atoms with Gasteiger partial charge < -0.3 is 4.57 Å². The quantitative estimate of drug-likeness (QED) is 0.422. The lowest BCUT2D eigenvalue weighted by molar-refractivity contribution is 0.176. The number of imidazole rings is 1. The molecule has 33 heavy (non-hydrogen) atoms. The number of para-hydroxylation sites is 2. The van der Waals surface area contributed by atoms with Crippen molar-refractivity contribution in [2.45, 2.75) is 18.8 Å². The van der Waals surface area contributed by atoms with Crippen molar-refractivity contribution in [3.63, 3.8) is 0 Å². The first-order chi connectivity index (χ1) is 16.1. The van der Waals surface area contributed by atoms with E-state index < -0.39 is 10.0 Å². The molecule has 0 spiro atoms. The zero-order chi connectivity index (χ0) is 22.7. The Morgan fingerprint density at radius 1 is 0.697 bits per heavy atom. The van der Waals surface area contributed by atoms with Crippen molar-refractivity contribution >= 4 is 21.1 Å². The number of fused-ring (bicyclic) bond motifs is 1. The van der Waals surface area contributed by atoms with Gasteiger partial charge in [-0.15, -0.1) is 0 Å². The highest BCUT2D eigenvalue weighted by molar-refractivity contribution is 7.88. The van der Waals surface area contributed by atoms with E-state index in [0.29, 0.717) is 32.7 Å². The van der Waals surface area contributed by atoms with Crippen LogP contribution >= 0.6 is 0 Å². The number of piperazine rings is 1. The molecular weight excluding hydrogens is 432 g/mol. The molecule has 0 saturated carbocycles. The molecule has 1 aliphatic heterocycles. The standard InChI is InChI=1S/C26H28N4O2S/c31-33(32,21-23-11-5-2-6-12-23)29-17-15-28(16-18-29)20-26-27-24-13-7-8-14-25(24)30(26)19-22-9-3-1-4-10-22/h1-14H,15-21H2. The minimum atomic E-state index is -3.32. The van der Waals surface area contributed by atoms with E-state index in [1.807, 2.05) is 48.5 Å². The number of rotatable bonds is 7. The van der Waals surface area contributed by atoms with E-state index in [-0.39, 0.29) is 5.75 Å². The van der Waals surface area contributed by atoms with Crippen LogP contribution < -0.4 is 0 Å². The Balaban J connectivity index is 1.29. The lowest BCUT2D eigenvalue weighted by Crippen LogP contribution is -2.48. The van der Waals surface area contributed by atoms with Crippen LogP contribution in [0.2, 0.25) is 0 Å². The molecule has 6 nitrogen and oxygen atoms in total. The van der Waals surface area contributed by atoms with Gasteiger partial charge in [0.2, 0.25) is 10.0 Å². The topological polar surface area (TPSA) is 58.4 Å². The van der Waals surface area contributed by atoms with Crippen LogP contribution in [0.5, 0.6) is 0 Å². The third-order valence-corrected chi connectivity index (χ3v) is 8.05. The van der Waals surface area contributed by atoms with Gasteiger partial charge in [0.05, 0.1) is 23.3 Å². The average molecular weight is 461 g/mol. The number of sulfonamides is 1. The zero-order valence-electron chi connectivity index (χ0n) is 18.5. The summed E-state index contributed by atoms with van der Waals surface area (Å²) in [6.45, 7) is 3.88. The summed E-state index contributed by atoms with van der Waals surface area (Å²) in [5, 5.41) is 0. The minimum Gasteiger partial charge on any atom is -0.322 e. The van der Waals surface area contributed by atoms with E-state index in [9.17, 15) is 8.42 Å². The van der Waals surface area contributed by atoms with Gasteiger partial charge in [0.1, 0.15) is 5.82 Å². The smallest absolute Gasteiger partial charge is 0.218 e. The Morgan fingerprint density at radius 2 is 1.30 bits per heavy atom. The predicted octanol–water partition coefficient (Wildman–Crippen LogP) is 3.73. The van der Waals surface area contributed by atoms with Gasteiger partial charge in [-0.1, -0.05) is 72.8 Å². The van der Waals surface area contributed by atoms with Crippen molar-refractivity contribution < 1.29 is 8.42 Å². The molecule has 1 saturated heterocycles. The van der Waals surface area contributed by atoms with Gasteiger partial charge in [-0.3, -0.25) is 4.90 Å². The van der Waals surface area contributed by atoms with E-state index in [2.05, 4.69) is 45.9 Å². The summed E-state index contributed by atoms with van der Waals surface area (Å²) in [6.07, 6.45) is 0. The van der Waals surface area contributed by atoms with Crippen molar-refractivity contribution in [3.05, 3.63) is 102 Å². The maximum Gasteiger partial charge on any atom is 0.218 e. The van der Waals surface area contributed by atoms with Crippen LogP contribution in [0.4, 0.5) is 0 Å². The second-order valence-electron chi connectivity index (χ2n) is 8.51. The molecule has 0 bridgehead atoms. The number of hydrogen-bond donors (Lipinski definition) is 0. The van der Waals surface area contributed by atoms with Crippen LogP contribution in [-0.2, 0) is 28.9 Å². The Kier molecular flexibility index (Phi) is 6.26. The molecule has 2 heterocycles. The van der Waals surface area contributed by atoms with Crippen molar-refractivity contribution in [2.75, 3.05) is 26.2 Å². The molecule has 5 rings (SSSR count). The van der Waals surface area contributed by atoms with E-state index in [0.717, 1.165) is 29.0 Å². The van der Waals surface area contributed by atoms with Crippen LogP contribution in [0.15, 0.2) is 84.9 Å². The molecule has 0 atom stereocenters. The van der Waals surface area contributed by atoms with E-state index >= 15 is 0 Å². The fourth-order valence-electron chi connectivity index (χ4n) is 4.43. The normalized spacial score (nSPS) is 15.8. The van der Waals surface area contributed by atoms with Gasteiger partial charge in [-0.05, 0) is 23.3 Å². The van der Waals surface area contributed by atoms with Crippen LogP contribution in [0.3, 0.4) is 0 Å². The first-order valence-corrected chi connectivity index (χ1v) is 12.9. The molecule has 0 amide bonds. The first kappa shape index (κ1) is 21.8. The van der Waals surface area contributed by atoms with E-state index in [4.69, 9.17) is 4.98 Å². The monoisotopic (exact) mass is 460 g/mol. The molecule has 7 heteroatoms. The number of hydrogen-bond acceptors (Lipinski definition) is 4. The number of nitrogens with zero attached hydrogens (tertiary/aromatic N) is 4. The Labute approximate surface area is 195 Å². The molecule has 4 aromatic rings. The van der Waals surface area contributed by atoms with Crippen molar-refractivity contribution in [2.24, 2.45) is 0 Å². The maximum absolute atomic E-state index is 12.9. The molecule has 0 radical (unpaired) electrons. The minimum absolute atomic E-state index is 0.0563. The SMILES string of the molecule is O=S(=O)(Cc1ccccc1)N1CCN(Cc2nc3ccccc3n2Cc2ccccc2)CC1. The highest BCUT2D eigenvalue weighted by Crippen LogP contribution is 2.21. The first-order valence-electron chi connectivity index (χ1n) is 11.3. The molecule has 0 unspecified atom stereocenters. The Hall–Kier alpha value is -3.00. The summed E-state index contributed by atoms with van der Waals surface area (Å²) in [5.41, 5.74) is 4.18. The van der Waals surface area contributed by atoms with Crippen LogP contribution in [0.1, 0.15) is 17.0 Å². The average Bonchev–Trinajstić information content (AvgIpc) is 3.17. The third-order valence-electron chi connectivity index (χ3n) is 6.20. The van der Waals surface area contributed by atoms with Gasteiger partial charge in [0, 0.05) is 32.7 Å². The second kappa shape index (κ2) is 9.47. The summed E-state index contributed by atoms with van der Waals surface area (Å²) >= 11 is 0. The van der Waals surface area contributed by atoms with Crippen molar-refractivity contribution in [1.29, 1.82) is 0 Å². The van der Waals surface area contributed by atoms with Gasteiger partial charge >= 0.3 is 0 Å². The third kappa shape index (κ3) is 5.00. The largest absolute Gasteiger partial charge is 0.322 e. The molecule has 0 N–H and O–H groups in total. The fourth-order valence-corrected chi connectivity index (χ4v) is 5.95. The summed E-state index contributed by atoms with van der Waals surface area (Å²) < 4.78 is 29.7. The molecule has 3 aromatic carbocycles. The van der Waals surface area contributed by atoms with Gasteiger partial charge in [-0.25, -0.2) is 13.4 Å². The lowest BCUT2D eigenvalue weighted by atomic mass is 10.2. The van der Waals surface area contributed by atoms with Crippen LogP contribution in [-0.4, -0.2) is 53.4 Å². The molecule has 0 aliphatic carbocycles. The summed E-state index contributed by atoms with van der Waals surface area (Å²) in [5.74, 6) is 1.07. The van der Waals surface area contributed by atoms with Gasteiger partial charge in [0.25, 0.3) is 0 Å². The van der Waals surface area contributed by atoms with Gasteiger partial charge in [-0.2, -0.15) is 4.31 Å². The van der Waals surface area contributed by atoms with Crippen molar-refractivity contribution in [3.8, 4) is 0 Å². The van der Waals surface area contributed by atoms with E-state index in [1.54, 1.807) is 4.31 Å². The number of benzene rings is 3. The molecule has 1 fully saturated rings. The summed E-state index contributed by atoms with van der Waals surface area (Å²) in [7, 11) is -3.32. The summed E-state index contributed by atoms with van der Waals surface area (Å²) in [4.78, 5) is 7.22. The molecule has 170 valence electrons. The molecule has 1 aliphatic rings. The highest BCUT2D eigenvalue weighted by atomic mass is 32.2. The lowest BCUT2D eigenvalue weighted by Gasteiger charge is -2.33. The predicted molar refractivity (Wildman–Crippen MR) is 131 cm³/mol. The van der Waals surface area contributed by atoms with Crippen molar-refractivity contribution in [1.82, 2.24) is 18.8 Å². The molecular formula is C26H28N4O2S. The second-order valence-corrected chi connectivity index (χ2v) is 10.5. The van der Waals surface area contributed by atoms with Crippen LogP contribution in [0, 0.1) is 0 Å². The number of aromatic nitrogens is 2. The Bertz CT molecular complexity index is 1310. The Morgan fingerprint density at radius 3 is 2.00 bits per heavy atom. The maximum atomic E-state index is 12.9.